The first-order chi connectivity index (χ1) is 13.7. The monoisotopic (exact) mass is 376 g/mol. The maximum atomic E-state index is 12.8. The summed E-state index contributed by atoms with van der Waals surface area (Å²) in [5.74, 6) is 0.679. The molecule has 6 nitrogen and oxygen atoms in total. The van der Waals surface area contributed by atoms with Crippen molar-refractivity contribution in [2.75, 3.05) is 13.1 Å². The fourth-order valence-corrected chi connectivity index (χ4v) is 4.13. The summed E-state index contributed by atoms with van der Waals surface area (Å²) in [5, 5.41) is 11.2. The van der Waals surface area contributed by atoms with Gasteiger partial charge < -0.3 is 19.4 Å². The minimum atomic E-state index is -0.452. The lowest BCUT2D eigenvalue weighted by Crippen LogP contribution is -3.11. The Morgan fingerprint density at radius 3 is 2.75 bits per heavy atom. The first-order valence-electron chi connectivity index (χ1n) is 9.76. The zero-order valence-electron chi connectivity index (χ0n) is 15.5. The van der Waals surface area contributed by atoms with Gasteiger partial charge in [-0.2, -0.15) is 0 Å². The van der Waals surface area contributed by atoms with Crippen LogP contribution >= 0.6 is 0 Å². The summed E-state index contributed by atoms with van der Waals surface area (Å²) in [6.07, 6.45) is 3.66. The first-order valence-corrected chi connectivity index (χ1v) is 9.76. The number of likely N-dealkylation sites (tertiary alicyclic amines) is 1. The lowest BCUT2D eigenvalue weighted by Gasteiger charge is -2.24. The van der Waals surface area contributed by atoms with Crippen LogP contribution in [-0.2, 0) is 6.54 Å². The number of nitrogens with zero attached hydrogens (tertiary/aromatic N) is 1. The Morgan fingerprint density at radius 2 is 1.93 bits per heavy atom. The van der Waals surface area contributed by atoms with Crippen LogP contribution < -0.4 is 10.5 Å². The first kappa shape index (κ1) is 17.0. The lowest BCUT2D eigenvalue weighted by molar-refractivity contribution is -0.918. The number of imidazole rings is 1. The number of aromatic hydroxyl groups is 1. The van der Waals surface area contributed by atoms with Crippen molar-refractivity contribution in [3.05, 3.63) is 58.4 Å². The maximum Gasteiger partial charge on any atom is 0.347 e. The highest BCUT2D eigenvalue weighted by atomic mass is 16.4. The quantitative estimate of drug-likeness (QED) is 0.480. The van der Waals surface area contributed by atoms with Gasteiger partial charge in [0.15, 0.2) is 5.58 Å². The molecule has 0 aliphatic carbocycles. The van der Waals surface area contributed by atoms with E-state index in [1.54, 1.807) is 18.2 Å². The van der Waals surface area contributed by atoms with Crippen molar-refractivity contribution in [2.45, 2.75) is 25.8 Å². The van der Waals surface area contributed by atoms with E-state index in [2.05, 4.69) is 9.97 Å². The number of aromatic nitrogens is 2. The van der Waals surface area contributed by atoms with Crippen molar-refractivity contribution in [3.63, 3.8) is 0 Å². The van der Waals surface area contributed by atoms with E-state index in [9.17, 15) is 9.90 Å². The fraction of sp³-hybridized carbons (Fsp3) is 0.273. The molecule has 2 aromatic carbocycles. The Hall–Kier alpha value is -3.12. The number of quaternary nitrogens is 1. The predicted molar refractivity (Wildman–Crippen MR) is 107 cm³/mol. The highest BCUT2D eigenvalue weighted by Crippen LogP contribution is 2.28. The zero-order valence-corrected chi connectivity index (χ0v) is 15.5. The molecule has 2 aromatic heterocycles. The number of H-pyrrole nitrogens is 1. The third kappa shape index (κ3) is 2.96. The molecule has 6 heteroatoms. The van der Waals surface area contributed by atoms with Gasteiger partial charge in [0.2, 0.25) is 0 Å². The normalized spacial score (nSPS) is 15.4. The molecular formula is C22H22N3O3+. The Bertz CT molecular complexity index is 1190. The van der Waals surface area contributed by atoms with Crippen molar-refractivity contribution >= 4 is 22.0 Å². The molecule has 3 N–H and O–H groups in total. The summed E-state index contributed by atoms with van der Waals surface area (Å²) in [4.78, 5) is 21.9. The number of nitrogens with one attached hydrogen (secondary N) is 2. The second-order valence-corrected chi connectivity index (χ2v) is 7.52. The number of fused-ring (bicyclic) bond motifs is 2. The number of hydrogen-bond acceptors (Lipinski definition) is 4. The van der Waals surface area contributed by atoms with Gasteiger partial charge in [-0.05, 0) is 49.6 Å². The van der Waals surface area contributed by atoms with E-state index < -0.39 is 5.63 Å². The van der Waals surface area contributed by atoms with E-state index in [0.29, 0.717) is 29.1 Å². The third-order valence-corrected chi connectivity index (χ3v) is 5.61. The van der Waals surface area contributed by atoms with Gasteiger partial charge in [0.1, 0.15) is 23.7 Å². The molecule has 28 heavy (non-hydrogen) atoms. The van der Waals surface area contributed by atoms with Gasteiger partial charge in [0, 0.05) is 5.39 Å². The number of rotatable bonds is 3. The highest BCUT2D eigenvalue weighted by Gasteiger charge is 2.21. The summed E-state index contributed by atoms with van der Waals surface area (Å²) in [6.45, 7) is 2.82. The summed E-state index contributed by atoms with van der Waals surface area (Å²) in [7, 11) is 0. The smallest absolute Gasteiger partial charge is 0.347 e. The molecule has 1 saturated heterocycles. The van der Waals surface area contributed by atoms with Gasteiger partial charge in [-0.15, -0.1) is 0 Å². The van der Waals surface area contributed by atoms with Gasteiger partial charge in [0.25, 0.3) is 0 Å². The Morgan fingerprint density at radius 1 is 1.11 bits per heavy atom. The molecule has 0 bridgehead atoms. The van der Waals surface area contributed by atoms with Crippen LogP contribution in [0.3, 0.4) is 0 Å². The number of hydrogen-bond donors (Lipinski definition) is 3. The van der Waals surface area contributed by atoms with Crippen molar-refractivity contribution < 1.29 is 14.4 Å². The van der Waals surface area contributed by atoms with Crippen LogP contribution in [0.15, 0.2) is 51.7 Å². The van der Waals surface area contributed by atoms with Crippen LogP contribution in [-0.4, -0.2) is 28.2 Å². The van der Waals surface area contributed by atoms with E-state index in [0.717, 1.165) is 29.5 Å². The molecule has 0 amide bonds. The van der Waals surface area contributed by atoms with Crippen LogP contribution in [0, 0.1) is 0 Å². The van der Waals surface area contributed by atoms with Crippen LogP contribution in [0.25, 0.3) is 33.4 Å². The Labute approximate surface area is 161 Å². The molecule has 0 unspecified atom stereocenters. The van der Waals surface area contributed by atoms with Gasteiger partial charge >= 0.3 is 5.63 Å². The molecule has 0 radical (unpaired) electrons. The molecule has 1 aliphatic rings. The second-order valence-electron chi connectivity index (χ2n) is 7.52. The second kappa shape index (κ2) is 6.80. The molecule has 1 aliphatic heterocycles. The van der Waals surface area contributed by atoms with Crippen LogP contribution in [0.2, 0.25) is 0 Å². The van der Waals surface area contributed by atoms with Crippen LogP contribution in [0.1, 0.15) is 24.8 Å². The summed E-state index contributed by atoms with van der Waals surface area (Å²) in [6, 6.07) is 12.9. The van der Waals surface area contributed by atoms with E-state index >= 15 is 0 Å². The summed E-state index contributed by atoms with van der Waals surface area (Å²) < 4.78 is 5.71. The highest BCUT2D eigenvalue weighted by molar-refractivity contribution is 5.86. The number of phenols is 1. The molecule has 0 spiro atoms. The minimum Gasteiger partial charge on any atom is -0.507 e. The minimum absolute atomic E-state index is 0.185. The SMILES string of the molecule is O=c1oc2c(C[NH+]3CCCCC3)c(O)ccc2cc1-c1nc2ccccc2[nH]1. The van der Waals surface area contributed by atoms with E-state index in [4.69, 9.17) is 4.42 Å². The Balaban J connectivity index is 1.61. The van der Waals surface area contributed by atoms with Crippen LogP contribution in [0.4, 0.5) is 0 Å². The standard InChI is InChI=1S/C22H21N3O3/c26-19-9-8-14-12-15(21-23-17-6-2-3-7-18(17)24-21)22(27)28-20(14)16(19)13-25-10-4-1-5-11-25/h2-3,6-9,12,26H,1,4-5,10-11,13H2,(H,23,24)/p+1. The van der Waals surface area contributed by atoms with Gasteiger partial charge in [-0.3, -0.25) is 0 Å². The molecule has 1 fully saturated rings. The lowest BCUT2D eigenvalue weighted by atomic mass is 10.1. The predicted octanol–water partition coefficient (Wildman–Crippen LogP) is 2.61. The van der Waals surface area contributed by atoms with E-state index in [1.165, 1.54) is 24.2 Å². The number of benzene rings is 2. The van der Waals surface area contributed by atoms with Gasteiger partial charge in [-0.25, -0.2) is 9.78 Å². The molecular weight excluding hydrogens is 354 g/mol. The van der Waals surface area contributed by atoms with Crippen molar-refractivity contribution in [3.8, 4) is 17.1 Å². The van der Waals surface area contributed by atoms with Crippen molar-refractivity contribution in [2.24, 2.45) is 0 Å². The molecule has 4 aromatic rings. The van der Waals surface area contributed by atoms with E-state index in [-0.39, 0.29) is 5.75 Å². The Kier molecular flexibility index (Phi) is 4.13. The van der Waals surface area contributed by atoms with E-state index in [1.807, 2.05) is 24.3 Å². The topological polar surface area (TPSA) is 83.6 Å². The number of phenolic OH excluding ortho intramolecular Hbond substituents is 1. The largest absolute Gasteiger partial charge is 0.507 e. The third-order valence-electron chi connectivity index (χ3n) is 5.61. The molecule has 142 valence electrons. The number of para-hydroxylation sites is 2. The van der Waals surface area contributed by atoms with Gasteiger partial charge in [-0.1, -0.05) is 12.1 Å². The molecule has 0 saturated carbocycles. The average molecular weight is 376 g/mol. The molecule has 3 heterocycles. The summed E-state index contributed by atoms with van der Waals surface area (Å²) in [5.41, 5.74) is 2.80. The summed E-state index contributed by atoms with van der Waals surface area (Å²) >= 11 is 0. The van der Waals surface area contributed by atoms with Crippen molar-refractivity contribution in [1.82, 2.24) is 9.97 Å². The number of aromatic amines is 1. The maximum absolute atomic E-state index is 12.8. The molecule has 0 atom stereocenters. The van der Waals surface area contributed by atoms with Gasteiger partial charge in [0.05, 0.1) is 29.7 Å². The van der Waals surface area contributed by atoms with Crippen LogP contribution in [0.5, 0.6) is 5.75 Å². The van der Waals surface area contributed by atoms with Crippen molar-refractivity contribution in [1.29, 1.82) is 0 Å². The fourth-order valence-electron chi connectivity index (χ4n) is 4.13. The average Bonchev–Trinajstić information content (AvgIpc) is 3.15. The zero-order chi connectivity index (χ0) is 19.1. The number of piperidine rings is 1. The molecule has 5 rings (SSSR count).